The fourth-order valence-electron chi connectivity index (χ4n) is 1.83. The maximum Gasteiger partial charge on any atom is 0.269 e. The molecule has 1 heterocycles. The van der Waals surface area contributed by atoms with Crippen LogP contribution in [0.3, 0.4) is 0 Å². The molecular formula is C14H16N4O. The molecule has 1 aromatic heterocycles. The first kappa shape index (κ1) is 13.0. The number of nitrogens with two attached hydrogens (primary N) is 1. The van der Waals surface area contributed by atoms with Crippen molar-refractivity contribution in [3.8, 4) is 0 Å². The Morgan fingerprint density at radius 2 is 2.21 bits per heavy atom. The normalized spacial score (nSPS) is 11.1. The highest BCUT2D eigenvalue weighted by atomic mass is 16.1. The number of rotatable bonds is 4. The van der Waals surface area contributed by atoms with E-state index in [-0.39, 0.29) is 0 Å². The molecule has 0 aliphatic heterocycles. The lowest BCUT2D eigenvalue weighted by molar-refractivity contribution is 0.0991. The number of aryl methyl sites for hydroxylation is 2. The minimum atomic E-state index is -0.517. The summed E-state index contributed by atoms with van der Waals surface area (Å²) in [6, 6.07) is 7.88. The van der Waals surface area contributed by atoms with Crippen LogP contribution in [0.5, 0.6) is 0 Å². The van der Waals surface area contributed by atoms with Crippen molar-refractivity contribution < 1.29 is 4.79 Å². The number of hydrogen-bond acceptors (Lipinski definition) is 3. The fourth-order valence-corrected chi connectivity index (χ4v) is 1.83. The molecule has 2 N–H and O–H groups in total. The van der Waals surface area contributed by atoms with Gasteiger partial charge < -0.3 is 5.73 Å². The molecule has 0 fully saturated rings. The monoisotopic (exact) mass is 256 g/mol. The van der Waals surface area contributed by atoms with Crippen molar-refractivity contribution in [1.82, 2.24) is 9.78 Å². The van der Waals surface area contributed by atoms with Gasteiger partial charge in [0.1, 0.15) is 5.69 Å². The third kappa shape index (κ3) is 2.70. The minimum absolute atomic E-state index is 0.340. The van der Waals surface area contributed by atoms with Gasteiger partial charge in [-0.2, -0.15) is 5.10 Å². The van der Waals surface area contributed by atoms with Crippen molar-refractivity contribution in [2.75, 3.05) is 0 Å². The maximum atomic E-state index is 11.4. The molecule has 5 nitrogen and oxygen atoms in total. The summed E-state index contributed by atoms with van der Waals surface area (Å²) in [5, 5.41) is 4.09. The molecule has 1 aromatic carbocycles. The molecular weight excluding hydrogens is 240 g/mol. The third-order valence-electron chi connectivity index (χ3n) is 2.88. The van der Waals surface area contributed by atoms with Gasteiger partial charge in [0.15, 0.2) is 5.69 Å². The molecule has 0 bridgehead atoms. The second kappa shape index (κ2) is 5.48. The number of aliphatic imine (C=N–C) groups is 1. The van der Waals surface area contributed by atoms with Crippen LogP contribution in [0.2, 0.25) is 0 Å². The van der Waals surface area contributed by atoms with Gasteiger partial charge in [0.05, 0.1) is 6.20 Å². The van der Waals surface area contributed by atoms with E-state index in [1.807, 2.05) is 38.1 Å². The summed E-state index contributed by atoms with van der Waals surface area (Å²) in [7, 11) is 0. The van der Waals surface area contributed by atoms with E-state index in [1.54, 1.807) is 17.1 Å². The molecule has 0 atom stereocenters. The van der Waals surface area contributed by atoms with Crippen LogP contribution in [0.25, 0.3) is 0 Å². The molecule has 0 spiro atoms. The minimum Gasteiger partial charge on any atom is -0.364 e. The first-order chi connectivity index (χ1) is 9.13. The van der Waals surface area contributed by atoms with Crippen LogP contribution < -0.4 is 5.73 Å². The fraction of sp³-hybridized carbons (Fsp3) is 0.214. The SMILES string of the molecule is CCn1ncc(N=Cc2ccccc2C)c1C(N)=O. The van der Waals surface area contributed by atoms with Crippen LogP contribution in [0.1, 0.15) is 28.5 Å². The molecule has 0 aliphatic carbocycles. The summed E-state index contributed by atoms with van der Waals surface area (Å²) in [5.41, 5.74) is 8.32. The Morgan fingerprint density at radius 3 is 2.84 bits per heavy atom. The van der Waals surface area contributed by atoms with Crippen molar-refractivity contribution in [2.24, 2.45) is 10.7 Å². The Kier molecular flexibility index (Phi) is 3.75. The summed E-state index contributed by atoms with van der Waals surface area (Å²) in [4.78, 5) is 15.7. The molecule has 98 valence electrons. The summed E-state index contributed by atoms with van der Waals surface area (Å²) in [5.74, 6) is -0.517. The third-order valence-corrected chi connectivity index (χ3v) is 2.88. The van der Waals surface area contributed by atoms with E-state index in [0.717, 1.165) is 11.1 Å². The molecule has 0 radical (unpaired) electrons. The van der Waals surface area contributed by atoms with Crippen molar-refractivity contribution in [2.45, 2.75) is 20.4 Å². The number of aromatic nitrogens is 2. The van der Waals surface area contributed by atoms with Gasteiger partial charge in [-0.15, -0.1) is 0 Å². The number of carbonyl (C=O) groups is 1. The second-order valence-electron chi connectivity index (χ2n) is 4.17. The van der Waals surface area contributed by atoms with Gasteiger partial charge in [0.2, 0.25) is 0 Å². The standard InChI is InChI=1S/C14H16N4O/c1-3-18-13(14(15)19)12(9-17-18)16-8-11-7-5-4-6-10(11)2/h4-9H,3H2,1-2H3,(H2,15,19). The molecule has 0 aliphatic rings. The van der Waals surface area contributed by atoms with Crippen molar-refractivity contribution in [1.29, 1.82) is 0 Å². The second-order valence-corrected chi connectivity index (χ2v) is 4.17. The number of primary amides is 1. The lowest BCUT2D eigenvalue weighted by Crippen LogP contribution is -2.17. The maximum absolute atomic E-state index is 11.4. The Hall–Kier alpha value is -2.43. The predicted molar refractivity (Wildman–Crippen MR) is 74.9 cm³/mol. The summed E-state index contributed by atoms with van der Waals surface area (Å²) in [6.45, 7) is 4.48. The zero-order valence-corrected chi connectivity index (χ0v) is 11.0. The number of amides is 1. The van der Waals surface area contributed by atoms with E-state index in [2.05, 4.69) is 10.1 Å². The van der Waals surface area contributed by atoms with Crippen LogP contribution in [-0.2, 0) is 6.54 Å². The van der Waals surface area contributed by atoms with Gasteiger partial charge in [0, 0.05) is 12.8 Å². The summed E-state index contributed by atoms with van der Waals surface area (Å²) >= 11 is 0. The van der Waals surface area contributed by atoms with Crippen molar-refractivity contribution in [3.05, 3.63) is 47.3 Å². The average molecular weight is 256 g/mol. The molecule has 1 amide bonds. The zero-order valence-electron chi connectivity index (χ0n) is 11.0. The zero-order chi connectivity index (χ0) is 13.8. The lowest BCUT2D eigenvalue weighted by atomic mass is 10.1. The van der Waals surface area contributed by atoms with E-state index in [1.165, 1.54) is 0 Å². The molecule has 0 saturated heterocycles. The largest absolute Gasteiger partial charge is 0.364 e. The van der Waals surface area contributed by atoms with E-state index in [9.17, 15) is 4.79 Å². The molecule has 2 rings (SSSR count). The predicted octanol–water partition coefficient (Wildman–Crippen LogP) is 2.06. The smallest absolute Gasteiger partial charge is 0.269 e. The first-order valence-corrected chi connectivity index (χ1v) is 6.08. The van der Waals surface area contributed by atoms with Gasteiger partial charge in [-0.25, -0.2) is 0 Å². The molecule has 0 saturated carbocycles. The summed E-state index contributed by atoms with van der Waals surface area (Å²) in [6.07, 6.45) is 3.27. The molecule has 19 heavy (non-hydrogen) atoms. The Morgan fingerprint density at radius 1 is 1.47 bits per heavy atom. The van der Waals surface area contributed by atoms with Crippen LogP contribution in [0.15, 0.2) is 35.5 Å². The van der Waals surface area contributed by atoms with Crippen LogP contribution >= 0.6 is 0 Å². The van der Waals surface area contributed by atoms with Crippen molar-refractivity contribution >= 4 is 17.8 Å². The molecule has 2 aromatic rings. The van der Waals surface area contributed by atoms with E-state index in [4.69, 9.17) is 5.73 Å². The quantitative estimate of drug-likeness (QED) is 0.850. The van der Waals surface area contributed by atoms with Gasteiger partial charge in [-0.1, -0.05) is 24.3 Å². The highest BCUT2D eigenvalue weighted by molar-refractivity contribution is 5.97. The number of carbonyl (C=O) groups excluding carboxylic acids is 1. The Labute approximate surface area is 111 Å². The van der Waals surface area contributed by atoms with Gasteiger partial charge in [-0.05, 0) is 25.0 Å². The molecule has 0 unspecified atom stereocenters. The Balaban J connectivity index is 2.37. The van der Waals surface area contributed by atoms with Crippen molar-refractivity contribution in [3.63, 3.8) is 0 Å². The highest BCUT2D eigenvalue weighted by Gasteiger charge is 2.14. The van der Waals surface area contributed by atoms with Gasteiger partial charge in [-0.3, -0.25) is 14.5 Å². The summed E-state index contributed by atoms with van der Waals surface area (Å²) < 4.78 is 1.55. The van der Waals surface area contributed by atoms with E-state index in [0.29, 0.717) is 17.9 Å². The van der Waals surface area contributed by atoms with Crippen LogP contribution in [0.4, 0.5) is 5.69 Å². The first-order valence-electron chi connectivity index (χ1n) is 6.08. The molecule has 5 heteroatoms. The lowest BCUT2D eigenvalue weighted by Gasteiger charge is -2.01. The number of nitrogens with zero attached hydrogens (tertiary/aromatic N) is 3. The highest BCUT2D eigenvalue weighted by Crippen LogP contribution is 2.18. The van der Waals surface area contributed by atoms with E-state index >= 15 is 0 Å². The van der Waals surface area contributed by atoms with Gasteiger partial charge >= 0.3 is 0 Å². The van der Waals surface area contributed by atoms with Crippen LogP contribution in [0, 0.1) is 6.92 Å². The topological polar surface area (TPSA) is 73.3 Å². The Bertz CT molecular complexity index is 628. The van der Waals surface area contributed by atoms with E-state index < -0.39 is 5.91 Å². The number of hydrogen-bond donors (Lipinski definition) is 1. The average Bonchev–Trinajstić information content (AvgIpc) is 2.81. The van der Waals surface area contributed by atoms with Gasteiger partial charge in [0.25, 0.3) is 5.91 Å². The number of benzene rings is 1. The van der Waals surface area contributed by atoms with Crippen LogP contribution in [-0.4, -0.2) is 21.9 Å².